The van der Waals surface area contributed by atoms with Gasteiger partial charge in [-0.25, -0.2) is 0 Å². The van der Waals surface area contributed by atoms with E-state index in [-0.39, 0.29) is 12.3 Å². The Morgan fingerprint density at radius 2 is 2.10 bits per heavy atom. The van der Waals surface area contributed by atoms with Gasteiger partial charge in [-0.05, 0) is 30.0 Å². The highest BCUT2D eigenvalue weighted by atomic mass is 32.2. The number of Topliss-reactive ketones (excluding diaryl/α,β-unsaturated/α-hetero) is 1. The molecule has 0 amide bonds. The first-order valence-corrected chi connectivity index (χ1v) is 7.90. The minimum Gasteiger partial charge on any atom is -0.497 e. The number of methoxy groups -OCH3 is 1. The number of nitrogens with zero attached hydrogens (tertiary/aromatic N) is 2. The van der Waals surface area contributed by atoms with Crippen LogP contribution in [0, 0.1) is 0 Å². The zero-order chi connectivity index (χ0) is 14.4. The van der Waals surface area contributed by atoms with Gasteiger partial charge in [-0.3, -0.25) is 4.79 Å². The van der Waals surface area contributed by atoms with Crippen molar-refractivity contribution in [1.82, 2.24) is 10.2 Å². The predicted molar refractivity (Wildman–Crippen MR) is 82.1 cm³/mol. The van der Waals surface area contributed by atoms with Crippen LogP contribution in [-0.2, 0) is 0 Å². The second kappa shape index (κ2) is 7.25. The number of rotatable bonds is 7. The molecular formula is C13H15N3O2S2. The maximum Gasteiger partial charge on any atom is 0.206 e. The fraction of sp³-hybridized carbons (Fsp3) is 0.308. The van der Waals surface area contributed by atoms with Crippen LogP contribution in [0.15, 0.2) is 28.6 Å². The smallest absolute Gasteiger partial charge is 0.206 e. The van der Waals surface area contributed by atoms with E-state index in [4.69, 9.17) is 4.74 Å². The van der Waals surface area contributed by atoms with Gasteiger partial charge in [0, 0.05) is 5.56 Å². The number of thioether (sulfide) groups is 1. The summed E-state index contributed by atoms with van der Waals surface area (Å²) in [4.78, 5) is 12.0. The Balaban J connectivity index is 1.90. The average molecular weight is 309 g/mol. The van der Waals surface area contributed by atoms with Gasteiger partial charge < -0.3 is 10.1 Å². The fourth-order valence-corrected chi connectivity index (χ4v) is 3.14. The summed E-state index contributed by atoms with van der Waals surface area (Å²) >= 11 is 3.10. The van der Waals surface area contributed by atoms with Gasteiger partial charge in [0.25, 0.3) is 0 Å². The second-order valence-corrected chi connectivity index (χ2v) is 6.30. The van der Waals surface area contributed by atoms with Gasteiger partial charge in [0.2, 0.25) is 5.13 Å². The SMILES string of the molecule is CCSc1nnc(NCC(=O)c2ccc(OC)cc2)s1. The molecule has 0 saturated carbocycles. The monoisotopic (exact) mass is 309 g/mol. The lowest BCUT2D eigenvalue weighted by Gasteiger charge is -2.03. The Morgan fingerprint density at radius 3 is 2.75 bits per heavy atom. The van der Waals surface area contributed by atoms with Gasteiger partial charge in [-0.2, -0.15) is 0 Å². The van der Waals surface area contributed by atoms with E-state index in [0.717, 1.165) is 15.8 Å². The van der Waals surface area contributed by atoms with Gasteiger partial charge in [0.15, 0.2) is 10.1 Å². The van der Waals surface area contributed by atoms with Crippen LogP contribution >= 0.6 is 23.1 Å². The normalized spacial score (nSPS) is 10.3. The first kappa shape index (κ1) is 14.8. The number of carbonyl (C=O) groups excluding carboxylic acids is 1. The Hall–Kier alpha value is -1.60. The molecule has 0 spiro atoms. The van der Waals surface area contributed by atoms with Crippen molar-refractivity contribution < 1.29 is 9.53 Å². The first-order valence-electron chi connectivity index (χ1n) is 6.10. The molecule has 5 nitrogen and oxygen atoms in total. The highest BCUT2D eigenvalue weighted by molar-refractivity contribution is 8.01. The maximum absolute atomic E-state index is 12.0. The molecule has 0 atom stereocenters. The van der Waals surface area contributed by atoms with E-state index in [1.165, 1.54) is 11.3 Å². The zero-order valence-corrected chi connectivity index (χ0v) is 12.9. The molecule has 1 aromatic carbocycles. The van der Waals surface area contributed by atoms with Crippen molar-refractivity contribution in [3.05, 3.63) is 29.8 Å². The van der Waals surface area contributed by atoms with Crippen molar-refractivity contribution in [2.24, 2.45) is 0 Å². The van der Waals surface area contributed by atoms with Crippen LogP contribution in [0.4, 0.5) is 5.13 Å². The molecule has 0 bridgehead atoms. The number of carbonyl (C=O) groups is 1. The van der Waals surface area contributed by atoms with Gasteiger partial charge in [-0.1, -0.05) is 30.0 Å². The largest absolute Gasteiger partial charge is 0.497 e. The third-order valence-electron chi connectivity index (χ3n) is 2.49. The minimum absolute atomic E-state index is 0.00699. The summed E-state index contributed by atoms with van der Waals surface area (Å²) in [6, 6.07) is 7.05. The van der Waals surface area contributed by atoms with Gasteiger partial charge in [0.1, 0.15) is 5.75 Å². The lowest BCUT2D eigenvalue weighted by Crippen LogP contribution is -2.13. The molecule has 1 N–H and O–H groups in total. The van der Waals surface area contributed by atoms with Crippen LogP contribution in [-0.4, -0.2) is 35.4 Å². The fourth-order valence-electron chi connectivity index (χ4n) is 1.50. The second-order valence-electron chi connectivity index (χ2n) is 3.81. The minimum atomic E-state index is 0.00699. The molecule has 1 heterocycles. The molecule has 0 fully saturated rings. The van der Waals surface area contributed by atoms with Crippen LogP contribution in [0.25, 0.3) is 0 Å². The summed E-state index contributed by atoms with van der Waals surface area (Å²) in [5, 5.41) is 11.7. The number of aromatic nitrogens is 2. The predicted octanol–water partition coefficient (Wildman–Crippen LogP) is 2.95. The molecule has 2 aromatic rings. The zero-order valence-electron chi connectivity index (χ0n) is 11.3. The van der Waals surface area contributed by atoms with Crippen molar-refractivity contribution in [2.75, 3.05) is 24.7 Å². The summed E-state index contributed by atoms with van der Waals surface area (Å²) in [5.41, 5.74) is 0.644. The Kier molecular flexibility index (Phi) is 5.37. The molecule has 0 saturated heterocycles. The molecule has 0 aliphatic heterocycles. The molecule has 7 heteroatoms. The van der Waals surface area contributed by atoms with E-state index < -0.39 is 0 Å². The van der Waals surface area contributed by atoms with Crippen molar-refractivity contribution in [1.29, 1.82) is 0 Å². The molecule has 0 aliphatic rings. The summed E-state index contributed by atoms with van der Waals surface area (Å²) < 4.78 is 5.97. The highest BCUT2D eigenvalue weighted by Gasteiger charge is 2.08. The van der Waals surface area contributed by atoms with Gasteiger partial charge in [0.05, 0.1) is 13.7 Å². The third-order valence-corrected chi connectivity index (χ3v) is 4.38. The van der Waals surface area contributed by atoms with Crippen LogP contribution in [0.5, 0.6) is 5.75 Å². The Labute approximate surface area is 125 Å². The Morgan fingerprint density at radius 1 is 1.35 bits per heavy atom. The third kappa shape index (κ3) is 3.94. The molecular weight excluding hydrogens is 294 g/mol. The Bertz CT molecular complexity index is 569. The van der Waals surface area contributed by atoms with E-state index >= 15 is 0 Å². The average Bonchev–Trinajstić information content (AvgIpc) is 2.93. The number of hydrogen-bond donors (Lipinski definition) is 1. The van der Waals surface area contributed by atoms with E-state index in [1.54, 1.807) is 43.1 Å². The van der Waals surface area contributed by atoms with E-state index in [1.807, 2.05) is 0 Å². The molecule has 20 heavy (non-hydrogen) atoms. The van der Waals surface area contributed by atoms with Crippen LogP contribution in [0.1, 0.15) is 17.3 Å². The molecule has 106 valence electrons. The number of benzene rings is 1. The summed E-state index contributed by atoms with van der Waals surface area (Å²) in [6.07, 6.45) is 0. The molecule has 1 aromatic heterocycles. The lowest BCUT2D eigenvalue weighted by atomic mass is 10.1. The van der Waals surface area contributed by atoms with Crippen molar-refractivity contribution in [2.45, 2.75) is 11.3 Å². The topological polar surface area (TPSA) is 64.1 Å². The molecule has 0 unspecified atom stereocenters. The van der Waals surface area contributed by atoms with Gasteiger partial charge >= 0.3 is 0 Å². The number of nitrogens with one attached hydrogen (secondary N) is 1. The van der Waals surface area contributed by atoms with Crippen molar-refractivity contribution in [3.8, 4) is 5.75 Å². The molecule has 0 radical (unpaired) electrons. The summed E-state index contributed by atoms with van der Waals surface area (Å²) in [5.74, 6) is 1.70. The first-order chi connectivity index (χ1) is 9.72. The number of hydrogen-bond acceptors (Lipinski definition) is 7. The number of anilines is 1. The van der Waals surface area contributed by atoms with Gasteiger partial charge in [-0.15, -0.1) is 10.2 Å². The number of ether oxygens (including phenoxy) is 1. The summed E-state index contributed by atoms with van der Waals surface area (Å²) in [6.45, 7) is 2.27. The molecule has 2 rings (SSSR count). The quantitative estimate of drug-likeness (QED) is 0.626. The molecule has 0 aliphatic carbocycles. The van der Waals surface area contributed by atoms with Crippen LogP contribution < -0.4 is 10.1 Å². The highest BCUT2D eigenvalue weighted by Crippen LogP contribution is 2.24. The van der Waals surface area contributed by atoms with Crippen LogP contribution in [0.3, 0.4) is 0 Å². The maximum atomic E-state index is 12.0. The van der Waals surface area contributed by atoms with E-state index in [0.29, 0.717) is 10.7 Å². The standard InChI is InChI=1S/C13H15N3O2S2/c1-3-19-13-16-15-12(20-13)14-8-11(17)9-4-6-10(18-2)7-5-9/h4-7H,3,8H2,1-2H3,(H,14,15). The summed E-state index contributed by atoms with van der Waals surface area (Å²) in [7, 11) is 1.60. The van der Waals surface area contributed by atoms with E-state index in [2.05, 4.69) is 22.4 Å². The van der Waals surface area contributed by atoms with Crippen LogP contribution in [0.2, 0.25) is 0 Å². The van der Waals surface area contributed by atoms with Crippen molar-refractivity contribution in [3.63, 3.8) is 0 Å². The lowest BCUT2D eigenvalue weighted by molar-refractivity contribution is 0.101. The number of ketones is 1. The van der Waals surface area contributed by atoms with Crippen molar-refractivity contribution >= 4 is 34.0 Å². The van der Waals surface area contributed by atoms with E-state index in [9.17, 15) is 4.79 Å².